The molecule has 0 fully saturated rings. The molecule has 1 aromatic heterocycles. The van der Waals surface area contributed by atoms with Gasteiger partial charge in [0.2, 0.25) is 0 Å². The van der Waals surface area contributed by atoms with E-state index in [2.05, 4.69) is 21.0 Å². The Morgan fingerprint density at radius 1 is 1.35 bits per heavy atom. The van der Waals surface area contributed by atoms with Crippen LogP contribution in [0.25, 0.3) is 5.69 Å². The first-order chi connectivity index (χ1) is 8.04. The highest BCUT2D eigenvalue weighted by Crippen LogP contribution is 2.27. The van der Waals surface area contributed by atoms with Gasteiger partial charge in [0.1, 0.15) is 0 Å². The molecule has 0 atom stereocenters. The van der Waals surface area contributed by atoms with Crippen LogP contribution in [0.3, 0.4) is 0 Å². The van der Waals surface area contributed by atoms with Crippen LogP contribution in [0.2, 0.25) is 5.02 Å². The van der Waals surface area contributed by atoms with Crippen LogP contribution in [-0.2, 0) is 5.88 Å². The van der Waals surface area contributed by atoms with Crippen LogP contribution in [0.1, 0.15) is 17.0 Å². The van der Waals surface area contributed by atoms with E-state index in [1.54, 1.807) is 0 Å². The maximum atomic E-state index is 6.14. The molecule has 0 unspecified atom stereocenters. The molecule has 17 heavy (non-hydrogen) atoms. The number of rotatable bonds is 2. The maximum Gasteiger partial charge on any atom is 0.0848 e. The summed E-state index contributed by atoms with van der Waals surface area (Å²) in [6.45, 7) is 3.84. The van der Waals surface area contributed by atoms with Gasteiger partial charge in [0.25, 0.3) is 0 Å². The first-order valence-corrected chi connectivity index (χ1v) is 6.81. The molecule has 0 aliphatic rings. The predicted molar refractivity (Wildman–Crippen MR) is 75.3 cm³/mol. The van der Waals surface area contributed by atoms with Gasteiger partial charge in [-0.1, -0.05) is 17.7 Å². The maximum absolute atomic E-state index is 6.14. The molecule has 0 amide bonds. The Morgan fingerprint density at radius 3 is 2.53 bits per heavy atom. The number of hydrogen-bond acceptors (Lipinski definition) is 1. The predicted octanol–water partition coefficient (Wildman–Crippen LogP) is 4.64. The van der Waals surface area contributed by atoms with E-state index in [9.17, 15) is 0 Å². The monoisotopic (exact) mass is 332 g/mol. The lowest BCUT2D eigenvalue weighted by Crippen LogP contribution is -2.00. The lowest BCUT2D eigenvalue weighted by molar-refractivity contribution is 0.829. The molecule has 0 N–H and O–H groups in total. The van der Waals surface area contributed by atoms with Crippen LogP contribution in [0, 0.1) is 13.8 Å². The summed E-state index contributed by atoms with van der Waals surface area (Å²) < 4.78 is 2.79. The molecule has 2 rings (SSSR count). The average molecular weight is 334 g/mol. The van der Waals surface area contributed by atoms with E-state index in [0.29, 0.717) is 10.9 Å². The van der Waals surface area contributed by atoms with Gasteiger partial charge in [-0.15, -0.1) is 11.6 Å². The Bertz CT molecular complexity index is 564. The minimum Gasteiger partial charge on any atom is -0.235 e. The highest BCUT2D eigenvalue weighted by molar-refractivity contribution is 9.10. The van der Waals surface area contributed by atoms with Crippen LogP contribution in [0.15, 0.2) is 22.7 Å². The lowest BCUT2D eigenvalue weighted by Gasteiger charge is -2.08. The number of halogens is 3. The zero-order valence-corrected chi connectivity index (χ0v) is 12.6. The Labute approximate surface area is 119 Å². The number of benzene rings is 1. The van der Waals surface area contributed by atoms with E-state index in [1.165, 1.54) is 0 Å². The molecule has 2 aromatic rings. The molecule has 0 radical (unpaired) electrons. The number of nitrogens with zero attached hydrogens (tertiary/aromatic N) is 2. The van der Waals surface area contributed by atoms with Crippen molar-refractivity contribution in [2.45, 2.75) is 19.7 Å². The van der Waals surface area contributed by atoms with Gasteiger partial charge >= 0.3 is 0 Å². The summed E-state index contributed by atoms with van der Waals surface area (Å²) in [4.78, 5) is 0. The minimum absolute atomic E-state index is 0.497. The van der Waals surface area contributed by atoms with Crippen molar-refractivity contribution in [2.75, 3.05) is 0 Å². The second kappa shape index (κ2) is 5.01. The zero-order chi connectivity index (χ0) is 12.6. The fraction of sp³-hybridized carbons (Fsp3) is 0.250. The Balaban J connectivity index is 2.57. The Hall–Kier alpha value is -0.510. The molecule has 0 bridgehead atoms. The second-order valence-corrected chi connectivity index (χ2v) is 5.32. The van der Waals surface area contributed by atoms with Crippen molar-refractivity contribution in [1.29, 1.82) is 0 Å². The van der Waals surface area contributed by atoms with Crippen molar-refractivity contribution in [1.82, 2.24) is 9.78 Å². The summed E-state index contributed by atoms with van der Waals surface area (Å²) in [5.41, 5.74) is 3.79. The number of aryl methyl sites for hydroxylation is 1. The second-order valence-electron chi connectivity index (χ2n) is 3.82. The first kappa shape index (κ1) is 12.9. The average Bonchev–Trinajstić information content (AvgIpc) is 2.57. The largest absolute Gasteiger partial charge is 0.235 e. The molecule has 1 heterocycles. The number of aromatic nitrogens is 2. The zero-order valence-electron chi connectivity index (χ0n) is 9.47. The van der Waals surface area contributed by atoms with Gasteiger partial charge in [-0.05, 0) is 47.5 Å². The summed E-state index contributed by atoms with van der Waals surface area (Å²) >= 11 is 15.5. The standard InChI is InChI=1S/C12H11BrCl2N2/c1-7-12(15)8(2)17(16-7)11-4-3-9(6-14)5-10(11)13/h3-5H,6H2,1-2H3. The Morgan fingerprint density at radius 2 is 2.06 bits per heavy atom. The summed E-state index contributed by atoms with van der Waals surface area (Å²) in [5, 5.41) is 5.12. The van der Waals surface area contributed by atoms with Gasteiger partial charge in [0.05, 0.1) is 22.1 Å². The topological polar surface area (TPSA) is 17.8 Å². The van der Waals surface area contributed by atoms with Gasteiger partial charge in [0.15, 0.2) is 0 Å². The molecule has 0 aliphatic heterocycles. The first-order valence-electron chi connectivity index (χ1n) is 5.11. The molecule has 0 saturated carbocycles. The van der Waals surface area contributed by atoms with Crippen molar-refractivity contribution in [3.8, 4) is 5.69 Å². The van der Waals surface area contributed by atoms with E-state index < -0.39 is 0 Å². The third kappa shape index (κ3) is 2.37. The fourth-order valence-corrected chi connectivity index (χ4v) is 2.54. The molecule has 90 valence electrons. The van der Waals surface area contributed by atoms with E-state index in [0.717, 1.165) is 27.1 Å². The third-order valence-electron chi connectivity index (χ3n) is 2.60. The van der Waals surface area contributed by atoms with Gasteiger partial charge < -0.3 is 0 Å². The van der Waals surface area contributed by atoms with Gasteiger partial charge in [-0.3, -0.25) is 0 Å². The van der Waals surface area contributed by atoms with Crippen molar-refractivity contribution in [3.05, 3.63) is 44.6 Å². The molecule has 5 heteroatoms. The minimum atomic E-state index is 0.497. The van der Waals surface area contributed by atoms with Crippen molar-refractivity contribution < 1.29 is 0 Å². The van der Waals surface area contributed by atoms with Crippen molar-refractivity contribution >= 4 is 39.1 Å². The lowest BCUT2D eigenvalue weighted by atomic mass is 10.2. The molecular weight excluding hydrogens is 323 g/mol. The SMILES string of the molecule is Cc1nn(-c2ccc(CCl)cc2Br)c(C)c1Cl. The highest BCUT2D eigenvalue weighted by Gasteiger charge is 2.12. The molecule has 1 aromatic carbocycles. The number of alkyl halides is 1. The molecule has 2 nitrogen and oxygen atoms in total. The Kier molecular flexibility index (Phi) is 3.81. The summed E-state index contributed by atoms with van der Waals surface area (Å²) in [6, 6.07) is 5.96. The van der Waals surface area contributed by atoms with E-state index >= 15 is 0 Å². The van der Waals surface area contributed by atoms with E-state index in [4.69, 9.17) is 23.2 Å². The van der Waals surface area contributed by atoms with Crippen LogP contribution in [0.4, 0.5) is 0 Å². The highest BCUT2D eigenvalue weighted by atomic mass is 79.9. The van der Waals surface area contributed by atoms with Crippen molar-refractivity contribution in [2.24, 2.45) is 0 Å². The van der Waals surface area contributed by atoms with Gasteiger partial charge in [-0.25, -0.2) is 4.68 Å². The quantitative estimate of drug-likeness (QED) is 0.732. The van der Waals surface area contributed by atoms with Crippen molar-refractivity contribution in [3.63, 3.8) is 0 Å². The van der Waals surface area contributed by atoms with Crippen LogP contribution in [0.5, 0.6) is 0 Å². The van der Waals surface area contributed by atoms with Gasteiger partial charge in [-0.2, -0.15) is 5.10 Å². The number of hydrogen-bond donors (Lipinski definition) is 0. The summed E-state index contributed by atoms with van der Waals surface area (Å²) in [7, 11) is 0. The smallest absolute Gasteiger partial charge is 0.0848 e. The third-order valence-corrected chi connectivity index (χ3v) is 4.09. The fourth-order valence-electron chi connectivity index (χ4n) is 1.66. The summed E-state index contributed by atoms with van der Waals surface area (Å²) in [6.07, 6.45) is 0. The summed E-state index contributed by atoms with van der Waals surface area (Å²) in [5.74, 6) is 0.497. The molecule has 0 spiro atoms. The van der Waals surface area contributed by atoms with Crippen LogP contribution in [-0.4, -0.2) is 9.78 Å². The molecular formula is C12H11BrCl2N2. The van der Waals surface area contributed by atoms with Crippen LogP contribution >= 0.6 is 39.1 Å². The normalized spacial score (nSPS) is 10.9. The molecule has 0 aliphatic carbocycles. The van der Waals surface area contributed by atoms with E-state index in [-0.39, 0.29) is 0 Å². The van der Waals surface area contributed by atoms with Crippen LogP contribution < -0.4 is 0 Å². The van der Waals surface area contributed by atoms with E-state index in [1.807, 2.05) is 36.7 Å². The van der Waals surface area contributed by atoms with Gasteiger partial charge in [0, 0.05) is 10.4 Å². The molecule has 0 saturated heterocycles.